The first-order valence-corrected chi connectivity index (χ1v) is 8.06. The van der Waals surface area contributed by atoms with Gasteiger partial charge in [0.2, 0.25) is 0 Å². The van der Waals surface area contributed by atoms with Crippen molar-refractivity contribution < 1.29 is 4.79 Å². The molecule has 1 aliphatic heterocycles. The highest BCUT2D eigenvalue weighted by molar-refractivity contribution is 9.10. The van der Waals surface area contributed by atoms with Crippen molar-refractivity contribution in [2.75, 3.05) is 11.9 Å². The maximum Gasteiger partial charge on any atom is 0.187 e. The van der Waals surface area contributed by atoms with Gasteiger partial charge >= 0.3 is 0 Å². The van der Waals surface area contributed by atoms with Gasteiger partial charge in [0.1, 0.15) is 0 Å². The average molecular weight is 356 g/mol. The predicted octanol–water partition coefficient (Wildman–Crippen LogP) is 4.94. The molecule has 0 aliphatic carbocycles. The molecule has 0 atom stereocenters. The first-order chi connectivity index (χ1) is 10.4. The van der Waals surface area contributed by atoms with E-state index >= 15 is 0 Å². The molecule has 2 aromatic rings. The number of benzene rings is 2. The van der Waals surface area contributed by atoms with Gasteiger partial charge in [-0.1, -0.05) is 48.0 Å². The van der Waals surface area contributed by atoms with Crippen LogP contribution in [0.2, 0.25) is 0 Å². The van der Waals surface area contributed by atoms with E-state index in [4.69, 9.17) is 0 Å². The number of likely N-dealkylation sites (N-methyl/N-ethyl adjacent to an activating group) is 1. The molecule has 3 heteroatoms. The van der Waals surface area contributed by atoms with E-state index in [1.807, 2.05) is 43.4 Å². The number of allylic oxidation sites excluding steroid dienone is 2. The number of para-hydroxylation sites is 1. The molecule has 112 valence electrons. The van der Waals surface area contributed by atoms with Crippen molar-refractivity contribution in [1.82, 2.24) is 0 Å². The summed E-state index contributed by atoms with van der Waals surface area (Å²) in [6.45, 7) is 4.33. The molecule has 0 unspecified atom stereocenters. The summed E-state index contributed by atoms with van der Waals surface area (Å²) in [5.41, 5.74) is 3.99. The zero-order valence-electron chi connectivity index (χ0n) is 12.9. The van der Waals surface area contributed by atoms with Crippen LogP contribution in [0.4, 0.5) is 5.69 Å². The SMILES string of the molecule is CN1C(=CC(=O)c2ccc(Br)cc2)C(C)(C)c2ccccc21. The van der Waals surface area contributed by atoms with E-state index in [0.717, 1.165) is 10.2 Å². The third-order valence-electron chi connectivity index (χ3n) is 4.34. The van der Waals surface area contributed by atoms with Gasteiger partial charge in [-0.15, -0.1) is 0 Å². The van der Waals surface area contributed by atoms with Gasteiger partial charge < -0.3 is 4.90 Å². The molecule has 2 nitrogen and oxygen atoms in total. The highest BCUT2D eigenvalue weighted by Gasteiger charge is 2.38. The van der Waals surface area contributed by atoms with E-state index in [-0.39, 0.29) is 11.2 Å². The summed E-state index contributed by atoms with van der Waals surface area (Å²) in [5.74, 6) is 0.0373. The Morgan fingerprint density at radius 3 is 2.36 bits per heavy atom. The normalized spacial score (nSPS) is 17.6. The maximum atomic E-state index is 12.6. The van der Waals surface area contributed by atoms with Crippen LogP contribution in [-0.4, -0.2) is 12.8 Å². The number of hydrogen-bond acceptors (Lipinski definition) is 2. The third-order valence-corrected chi connectivity index (χ3v) is 4.87. The number of ketones is 1. The number of nitrogens with zero attached hydrogens (tertiary/aromatic N) is 1. The summed E-state index contributed by atoms with van der Waals surface area (Å²) < 4.78 is 0.974. The van der Waals surface area contributed by atoms with Crippen LogP contribution in [0, 0.1) is 0 Å². The molecule has 0 N–H and O–H groups in total. The quantitative estimate of drug-likeness (QED) is 0.561. The topological polar surface area (TPSA) is 20.3 Å². The van der Waals surface area contributed by atoms with Crippen molar-refractivity contribution >= 4 is 27.4 Å². The Balaban J connectivity index is 2.01. The summed E-state index contributed by atoms with van der Waals surface area (Å²) in [6.07, 6.45) is 1.77. The molecule has 0 saturated heterocycles. The Hall–Kier alpha value is -1.87. The van der Waals surface area contributed by atoms with E-state index in [1.165, 1.54) is 11.3 Å². The standard InChI is InChI=1S/C19H18BrNO/c1-19(2)15-6-4-5-7-16(15)21(3)18(19)12-17(22)13-8-10-14(20)11-9-13/h4-12H,1-3H3. The number of fused-ring (bicyclic) bond motifs is 1. The Kier molecular flexibility index (Phi) is 3.69. The third kappa shape index (κ3) is 2.40. The predicted molar refractivity (Wildman–Crippen MR) is 94.4 cm³/mol. The van der Waals surface area contributed by atoms with Crippen LogP contribution in [0.15, 0.2) is 64.8 Å². The molecule has 0 bridgehead atoms. The Labute approximate surface area is 139 Å². The molecule has 0 spiro atoms. The number of carbonyl (C=O) groups excluding carboxylic acids is 1. The van der Waals surface area contributed by atoms with Crippen molar-refractivity contribution in [3.05, 3.63) is 75.9 Å². The van der Waals surface area contributed by atoms with E-state index in [1.54, 1.807) is 6.08 Å². The lowest BCUT2D eigenvalue weighted by atomic mass is 9.83. The lowest BCUT2D eigenvalue weighted by Crippen LogP contribution is -2.24. The molecule has 22 heavy (non-hydrogen) atoms. The zero-order valence-corrected chi connectivity index (χ0v) is 14.5. The first kappa shape index (κ1) is 15.0. The smallest absolute Gasteiger partial charge is 0.187 e. The summed E-state index contributed by atoms with van der Waals surface area (Å²) in [5, 5.41) is 0. The molecule has 0 amide bonds. The van der Waals surface area contributed by atoms with Crippen molar-refractivity contribution in [1.29, 1.82) is 0 Å². The fourth-order valence-corrected chi connectivity index (χ4v) is 3.34. The average Bonchev–Trinajstić information content (AvgIpc) is 2.69. The van der Waals surface area contributed by atoms with Crippen molar-refractivity contribution in [3.8, 4) is 0 Å². The van der Waals surface area contributed by atoms with Gasteiger partial charge in [-0.3, -0.25) is 4.79 Å². The molecule has 1 aliphatic rings. The molecular weight excluding hydrogens is 338 g/mol. The summed E-state index contributed by atoms with van der Waals surface area (Å²) >= 11 is 3.39. The number of anilines is 1. The van der Waals surface area contributed by atoms with Crippen molar-refractivity contribution in [2.45, 2.75) is 19.3 Å². The minimum absolute atomic E-state index is 0.0373. The molecule has 0 aromatic heterocycles. The van der Waals surface area contributed by atoms with Crippen LogP contribution in [0.1, 0.15) is 29.8 Å². The second-order valence-electron chi connectivity index (χ2n) is 6.10. The Morgan fingerprint density at radius 2 is 1.73 bits per heavy atom. The van der Waals surface area contributed by atoms with Gasteiger partial charge in [0.05, 0.1) is 0 Å². The van der Waals surface area contributed by atoms with E-state index in [0.29, 0.717) is 5.56 Å². The Bertz CT molecular complexity index is 759. The van der Waals surface area contributed by atoms with E-state index in [9.17, 15) is 4.79 Å². The summed E-state index contributed by atoms with van der Waals surface area (Å²) in [7, 11) is 2.02. The first-order valence-electron chi connectivity index (χ1n) is 7.26. The number of halogens is 1. The minimum atomic E-state index is -0.170. The lowest BCUT2D eigenvalue weighted by Gasteiger charge is -2.24. The van der Waals surface area contributed by atoms with Gasteiger partial charge in [0.15, 0.2) is 5.78 Å². The van der Waals surface area contributed by atoms with Crippen LogP contribution in [0.25, 0.3) is 0 Å². The molecule has 1 heterocycles. The second kappa shape index (κ2) is 5.40. The molecule has 3 rings (SSSR count). The largest absolute Gasteiger partial charge is 0.347 e. The highest BCUT2D eigenvalue weighted by Crippen LogP contribution is 2.46. The van der Waals surface area contributed by atoms with Crippen molar-refractivity contribution in [2.24, 2.45) is 0 Å². The van der Waals surface area contributed by atoms with Crippen LogP contribution in [-0.2, 0) is 5.41 Å². The van der Waals surface area contributed by atoms with Crippen molar-refractivity contribution in [3.63, 3.8) is 0 Å². The van der Waals surface area contributed by atoms with Gasteiger partial charge in [0.25, 0.3) is 0 Å². The van der Waals surface area contributed by atoms with E-state index < -0.39 is 0 Å². The fourth-order valence-electron chi connectivity index (χ4n) is 3.08. The second-order valence-corrected chi connectivity index (χ2v) is 7.02. The maximum absolute atomic E-state index is 12.6. The highest BCUT2D eigenvalue weighted by atomic mass is 79.9. The summed E-state index contributed by atoms with van der Waals surface area (Å²) in [4.78, 5) is 14.7. The molecule has 0 fully saturated rings. The zero-order chi connectivity index (χ0) is 15.9. The molecule has 0 radical (unpaired) electrons. The Morgan fingerprint density at radius 1 is 1.09 bits per heavy atom. The van der Waals surface area contributed by atoms with E-state index in [2.05, 4.69) is 46.8 Å². The fraction of sp³-hybridized carbons (Fsp3) is 0.211. The molecule has 0 saturated carbocycles. The molecule has 2 aromatic carbocycles. The summed E-state index contributed by atoms with van der Waals surface area (Å²) in [6, 6.07) is 15.8. The number of rotatable bonds is 2. The van der Waals surface area contributed by atoms with Crippen LogP contribution < -0.4 is 4.90 Å². The van der Waals surface area contributed by atoms with Gasteiger partial charge in [-0.25, -0.2) is 0 Å². The van der Waals surface area contributed by atoms with Crippen LogP contribution >= 0.6 is 15.9 Å². The van der Waals surface area contributed by atoms with Gasteiger partial charge in [0, 0.05) is 40.0 Å². The van der Waals surface area contributed by atoms with Crippen LogP contribution in [0.5, 0.6) is 0 Å². The lowest BCUT2D eigenvalue weighted by molar-refractivity contribution is 0.104. The monoisotopic (exact) mass is 355 g/mol. The van der Waals surface area contributed by atoms with Crippen LogP contribution in [0.3, 0.4) is 0 Å². The number of hydrogen-bond donors (Lipinski definition) is 0. The van der Waals surface area contributed by atoms with Gasteiger partial charge in [-0.05, 0) is 35.9 Å². The number of carbonyl (C=O) groups is 1. The molecular formula is C19H18BrNO. The minimum Gasteiger partial charge on any atom is -0.347 e. The van der Waals surface area contributed by atoms with Gasteiger partial charge in [-0.2, -0.15) is 0 Å².